The number of carbonyl (C=O) groups is 1. The van der Waals surface area contributed by atoms with E-state index in [0.717, 1.165) is 12.1 Å². The molecule has 0 unspecified atom stereocenters. The smallest absolute Gasteiger partial charge is 0.257 e. The largest absolute Gasteiger partial charge is 0.437 e. The lowest BCUT2D eigenvalue weighted by Crippen LogP contribution is -2.13. The van der Waals surface area contributed by atoms with Gasteiger partial charge < -0.3 is 10.1 Å². The minimum Gasteiger partial charge on any atom is -0.437 e. The van der Waals surface area contributed by atoms with Gasteiger partial charge in [0.2, 0.25) is 5.88 Å². The van der Waals surface area contributed by atoms with Crippen molar-refractivity contribution >= 4 is 23.2 Å². The Bertz CT molecular complexity index is 923. The van der Waals surface area contributed by atoms with Crippen LogP contribution in [0.3, 0.4) is 0 Å². The van der Waals surface area contributed by atoms with Gasteiger partial charge in [0.15, 0.2) is 11.6 Å². The number of nitrogens with one attached hydrogen (secondary N) is 1. The minimum absolute atomic E-state index is 0.180. The van der Waals surface area contributed by atoms with Gasteiger partial charge in [0.1, 0.15) is 5.75 Å². The number of halogens is 3. The molecule has 0 saturated heterocycles. The molecule has 3 aromatic rings. The van der Waals surface area contributed by atoms with E-state index in [9.17, 15) is 13.6 Å². The summed E-state index contributed by atoms with van der Waals surface area (Å²) in [4.78, 5) is 20.1. The van der Waals surface area contributed by atoms with Crippen molar-refractivity contribution in [3.05, 3.63) is 77.2 Å². The van der Waals surface area contributed by atoms with Crippen LogP contribution in [0.2, 0.25) is 5.02 Å². The predicted octanol–water partition coefficient (Wildman–Crippen LogP) is 4.45. The molecular formula is C17H10ClF2N3O2. The Labute approximate surface area is 146 Å². The molecule has 0 spiro atoms. The summed E-state index contributed by atoms with van der Waals surface area (Å²) in [5.74, 6) is -2.26. The van der Waals surface area contributed by atoms with Crippen molar-refractivity contribution in [3.8, 4) is 11.6 Å². The van der Waals surface area contributed by atoms with Gasteiger partial charge in [-0.3, -0.25) is 9.78 Å². The van der Waals surface area contributed by atoms with Gasteiger partial charge in [0.05, 0.1) is 16.8 Å². The van der Waals surface area contributed by atoms with Gasteiger partial charge in [-0.2, -0.15) is 0 Å². The molecule has 0 aliphatic heterocycles. The molecule has 0 aliphatic carbocycles. The molecule has 0 fully saturated rings. The molecule has 0 saturated carbocycles. The summed E-state index contributed by atoms with van der Waals surface area (Å²) < 4.78 is 31.9. The first-order valence-corrected chi connectivity index (χ1v) is 7.40. The zero-order valence-corrected chi connectivity index (χ0v) is 13.3. The Balaban J connectivity index is 1.78. The maximum absolute atomic E-state index is 13.3. The van der Waals surface area contributed by atoms with Crippen LogP contribution in [0.1, 0.15) is 10.4 Å². The maximum atomic E-state index is 13.3. The zero-order valence-electron chi connectivity index (χ0n) is 12.5. The summed E-state index contributed by atoms with van der Waals surface area (Å²) in [7, 11) is 0. The lowest BCUT2D eigenvalue weighted by atomic mass is 10.2. The Hall–Kier alpha value is -3.06. The normalized spacial score (nSPS) is 10.4. The van der Waals surface area contributed by atoms with Gasteiger partial charge in [-0.1, -0.05) is 17.7 Å². The number of amides is 1. The molecule has 0 bridgehead atoms. The molecule has 0 radical (unpaired) electrons. The fraction of sp³-hybridized carbons (Fsp3) is 0. The summed E-state index contributed by atoms with van der Waals surface area (Å²) in [5, 5.41) is 2.35. The van der Waals surface area contributed by atoms with Crippen molar-refractivity contribution < 1.29 is 18.3 Å². The van der Waals surface area contributed by atoms with Crippen molar-refractivity contribution in [1.29, 1.82) is 0 Å². The highest BCUT2D eigenvalue weighted by molar-refractivity contribution is 6.34. The molecule has 1 heterocycles. The van der Waals surface area contributed by atoms with Crippen LogP contribution in [-0.4, -0.2) is 15.9 Å². The third kappa shape index (κ3) is 4.07. The van der Waals surface area contributed by atoms with Crippen molar-refractivity contribution in [2.24, 2.45) is 0 Å². The quantitative estimate of drug-likeness (QED) is 0.697. The molecule has 8 heteroatoms. The van der Waals surface area contributed by atoms with Gasteiger partial charge in [-0.15, -0.1) is 0 Å². The van der Waals surface area contributed by atoms with E-state index in [1.807, 2.05) is 0 Å². The van der Waals surface area contributed by atoms with Crippen LogP contribution in [0.25, 0.3) is 0 Å². The van der Waals surface area contributed by atoms with E-state index in [0.29, 0.717) is 11.4 Å². The molecule has 0 atom stereocenters. The van der Waals surface area contributed by atoms with Crippen molar-refractivity contribution in [1.82, 2.24) is 9.97 Å². The second kappa shape index (κ2) is 7.23. The van der Waals surface area contributed by atoms with Gasteiger partial charge in [-0.25, -0.2) is 13.8 Å². The summed E-state index contributed by atoms with van der Waals surface area (Å²) in [6.45, 7) is 0. The standard InChI is InChI=1S/C17H10ClF2N3O2/c18-13-8-15(20)14(19)7-12(13)17(24)23-10-2-1-3-11(6-10)25-16-9-21-4-5-22-16/h1-9H,(H,23,24). The number of ether oxygens (including phenoxy) is 1. The maximum Gasteiger partial charge on any atom is 0.257 e. The van der Waals surface area contributed by atoms with E-state index in [1.165, 1.54) is 18.6 Å². The van der Waals surface area contributed by atoms with Crippen LogP contribution < -0.4 is 10.1 Å². The van der Waals surface area contributed by atoms with Crippen LogP contribution in [0.5, 0.6) is 11.6 Å². The van der Waals surface area contributed by atoms with E-state index in [-0.39, 0.29) is 16.5 Å². The first kappa shape index (κ1) is 16.8. The van der Waals surface area contributed by atoms with E-state index < -0.39 is 17.5 Å². The Morgan fingerprint density at radius 3 is 2.68 bits per heavy atom. The SMILES string of the molecule is O=C(Nc1cccc(Oc2cnccn2)c1)c1cc(F)c(F)cc1Cl. The van der Waals surface area contributed by atoms with E-state index >= 15 is 0 Å². The number of aromatic nitrogens is 2. The summed E-state index contributed by atoms with van der Waals surface area (Å²) in [6, 6.07) is 7.95. The molecule has 25 heavy (non-hydrogen) atoms. The number of rotatable bonds is 4. The number of hydrogen-bond donors (Lipinski definition) is 1. The Kier molecular flexibility index (Phi) is 4.85. The fourth-order valence-corrected chi connectivity index (χ4v) is 2.23. The van der Waals surface area contributed by atoms with Gasteiger partial charge >= 0.3 is 0 Å². The highest BCUT2D eigenvalue weighted by Gasteiger charge is 2.15. The molecule has 1 aromatic heterocycles. The molecule has 0 aliphatic rings. The highest BCUT2D eigenvalue weighted by atomic mass is 35.5. The van der Waals surface area contributed by atoms with Gasteiger partial charge in [0, 0.05) is 24.1 Å². The van der Waals surface area contributed by atoms with Crippen molar-refractivity contribution in [2.45, 2.75) is 0 Å². The summed E-state index contributed by atoms with van der Waals surface area (Å²) >= 11 is 5.79. The number of benzene rings is 2. The van der Waals surface area contributed by atoms with Crippen LogP contribution in [0, 0.1) is 11.6 Å². The van der Waals surface area contributed by atoms with Crippen molar-refractivity contribution in [3.63, 3.8) is 0 Å². The highest BCUT2D eigenvalue weighted by Crippen LogP contribution is 2.24. The second-order valence-electron chi connectivity index (χ2n) is 4.87. The Morgan fingerprint density at radius 2 is 1.92 bits per heavy atom. The third-order valence-electron chi connectivity index (χ3n) is 3.11. The molecular weight excluding hydrogens is 352 g/mol. The third-order valence-corrected chi connectivity index (χ3v) is 3.42. The molecule has 126 valence electrons. The van der Waals surface area contributed by atoms with Gasteiger partial charge in [-0.05, 0) is 24.3 Å². The number of nitrogens with zero attached hydrogens (tertiary/aromatic N) is 2. The lowest BCUT2D eigenvalue weighted by Gasteiger charge is -2.09. The van der Waals surface area contributed by atoms with Gasteiger partial charge in [0.25, 0.3) is 5.91 Å². The molecule has 3 rings (SSSR count). The first-order valence-electron chi connectivity index (χ1n) is 7.03. The van der Waals surface area contributed by atoms with Crippen LogP contribution in [-0.2, 0) is 0 Å². The molecule has 2 aromatic carbocycles. The van der Waals surface area contributed by atoms with E-state index in [4.69, 9.17) is 16.3 Å². The molecule has 5 nitrogen and oxygen atoms in total. The lowest BCUT2D eigenvalue weighted by molar-refractivity contribution is 0.102. The van der Waals surface area contributed by atoms with Crippen LogP contribution >= 0.6 is 11.6 Å². The first-order chi connectivity index (χ1) is 12.0. The van der Waals surface area contributed by atoms with Crippen LogP contribution in [0.4, 0.5) is 14.5 Å². The molecule has 1 amide bonds. The fourth-order valence-electron chi connectivity index (χ4n) is 1.99. The zero-order chi connectivity index (χ0) is 17.8. The minimum atomic E-state index is -1.16. The van der Waals surface area contributed by atoms with E-state index in [1.54, 1.807) is 24.3 Å². The topological polar surface area (TPSA) is 64.1 Å². The Morgan fingerprint density at radius 1 is 1.12 bits per heavy atom. The monoisotopic (exact) mass is 361 g/mol. The van der Waals surface area contributed by atoms with Crippen molar-refractivity contribution in [2.75, 3.05) is 5.32 Å². The molecule has 1 N–H and O–H groups in total. The van der Waals surface area contributed by atoms with Crippen LogP contribution in [0.15, 0.2) is 55.0 Å². The second-order valence-corrected chi connectivity index (χ2v) is 5.28. The summed E-state index contributed by atoms with van der Waals surface area (Å²) in [6.07, 6.45) is 4.42. The summed E-state index contributed by atoms with van der Waals surface area (Å²) in [5.41, 5.74) is 0.202. The number of carbonyl (C=O) groups excluding carboxylic acids is 1. The average Bonchev–Trinajstić information content (AvgIpc) is 2.59. The number of anilines is 1. The average molecular weight is 362 g/mol. The van der Waals surface area contributed by atoms with E-state index in [2.05, 4.69) is 15.3 Å². The number of hydrogen-bond acceptors (Lipinski definition) is 4. The predicted molar refractivity (Wildman–Crippen MR) is 87.9 cm³/mol.